The van der Waals surface area contributed by atoms with Gasteiger partial charge in [-0.05, 0) is 50.6 Å². The Morgan fingerprint density at radius 2 is 2.00 bits per heavy atom. The number of pyridine rings is 1. The zero-order chi connectivity index (χ0) is 13.2. The molecule has 0 amide bonds. The molecule has 0 saturated heterocycles. The number of benzene rings is 1. The van der Waals surface area contributed by atoms with Gasteiger partial charge in [-0.25, -0.2) is 4.98 Å². The van der Waals surface area contributed by atoms with Crippen LogP contribution in [0.25, 0.3) is 10.9 Å². The molecule has 0 aliphatic rings. The third kappa shape index (κ3) is 2.92. The Hall–Kier alpha value is -1.77. The van der Waals surface area contributed by atoms with E-state index in [1.54, 1.807) is 0 Å². The van der Waals surface area contributed by atoms with Crippen molar-refractivity contribution < 1.29 is 0 Å². The number of anilines is 2. The van der Waals surface area contributed by atoms with E-state index in [4.69, 9.17) is 5.73 Å². The molecule has 2 aromatic rings. The minimum atomic E-state index is 0.0727. The van der Waals surface area contributed by atoms with Gasteiger partial charge >= 0.3 is 0 Å². The second-order valence-electron chi connectivity index (χ2n) is 5.41. The predicted octanol–water partition coefficient (Wildman–Crippen LogP) is 3.81. The normalized spacial score (nSPS) is 11.7. The highest BCUT2D eigenvalue weighted by Gasteiger charge is 2.16. The minimum Gasteiger partial charge on any atom is -0.399 e. The van der Waals surface area contributed by atoms with Crippen LogP contribution in [-0.2, 0) is 0 Å². The average molecular weight is 243 g/mol. The molecule has 18 heavy (non-hydrogen) atoms. The Morgan fingerprint density at radius 1 is 1.22 bits per heavy atom. The van der Waals surface area contributed by atoms with Crippen molar-refractivity contribution in [2.24, 2.45) is 0 Å². The monoisotopic (exact) mass is 243 g/mol. The maximum Gasteiger partial charge on any atom is 0.127 e. The van der Waals surface area contributed by atoms with E-state index >= 15 is 0 Å². The summed E-state index contributed by atoms with van der Waals surface area (Å²) in [6.07, 6.45) is 2.28. The summed E-state index contributed by atoms with van der Waals surface area (Å²) < 4.78 is 0. The number of nitrogens with zero attached hydrogens (tertiary/aromatic N) is 1. The Bertz CT molecular complexity index is 546. The summed E-state index contributed by atoms with van der Waals surface area (Å²) >= 11 is 0. The molecule has 1 heterocycles. The number of nitrogen functional groups attached to an aromatic ring is 1. The zero-order valence-electron chi connectivity index (χ0n) is 11.3. The number of fused-ring (bicyclic) bond motifs is 1. The smallest absolute Gasteiger partial charge is 0.127 e. The number of nitrogens with one attached hydrogen (secondary N) is 1. The molecule has 0 unspecified atom stereocenters. The van der Waals surface area contributed by atoms with Crippen LogP contribution in [0.3, 0.4) is 0 Å². The third-order valence-corrected chi connectivity index (χ3v) is 3.05. The standard InChI is InChI=1S/C15H21N3/c1-4-9-15(2,3)18-14-8-5-11-10-12(16)6-7-13(11)17-14/h5-8,10H,4,9,16H2,1-3H3,(H,17,18). The summed E-state index contributed by atoms with van der Waals surface area (Å²) in [5, 5.41) is 4.56. The molecular formula is C15H21N3. The van der Waals surface area contributed by atoms with Crippen LogP contribution in [0.1, 0.15) is 33.6 Å². The molecule has 0 saturated carbocycles. The van der Waals surface area contributed by atoms with Crippen molar-refractivity contribution in [2.45, 2.75) is 39.2 Å². The summed E-state index contributed by atoms with van der Waals surface area (Å²) in [6, 6.07) is 9.87. The van der Waals surface area contributed by atoms with Crippen molar-refractivity contribution in [2.75, 3.05) is 11.1 Å². The molecule has 1 aromatic carbocycles. The molecule has 0 aliphatic carbocycles. The molecule has 0 radical (unpaired) electrons. The number of rotatable bonds is 4. The quantitative estimate of drug-likeness (QED) is 0.803. The second-order valence-corrected chi connectivity index (χ2v) is 5.41. The van der Waals surface area contributed by atoms with Crippen LogP contribution < -0.4 is 11.1 Å². The van der Waals surface area contributed by atoms with Crippen molar-refractivity contribution in [3.63, 3.8) is 0 Å². The lowest BCUT2D eigenvalue weighted by atomic mass is 9.99. The maximum atomic E-state index is 5.76. The van der Waals surface area contributed by atoms with Gasteiger partial charge in [0.25, 0.3) is 0 Å². The van der Waals surface area contributed by atoms with Crippen molar-refractivity contribution in [1.82, 2.24) is 4.98 Å². The summed E-state index contributed by atoms with van der Waals surface area (Å²) in [7, 11) is 0. The SMILES string of the molecule is CCCC(C)(C)Nc1ccc2cc(N)ccc2n1. The molecular weight excluding hydrogens is 222 g/mol. The van der Waals surface area contributed by atoms with Gasteiger partial charge < -0.3 is 11.1 Å². The lowest BCUT2D eigenvalue weighted by Gasteiger charge is -2.26. The average Bonchev–Trinajstić information content (AvgIpc) is 2.28. The van der Waals surface area contributed by atoms with E-state index in [-0.39, 0.29) is 5.54 Å². The van der Waals surface area contributed by atoms with Gasteiger partial charge in [0, 0.05) is 16.6 Å². The van der Waals surface area contributed by atoms with Crippen LogP contribution in [0.2, 0.25) is 0 Å². The van der Waals surface area contributed by atoms with Gasteiger partial charge in [0.05, 0.1) is 5.52 Å². The van der Waals surface area contributed by atoms with Crippen molar-refractivity contribution in [1.29, 1.82) is 0 Å². The van der Waals surface area contributed by atoms with Gasteiger partial charge in [-0.15, -0.1) is 0 Å². The Balaban J connectivity index is 2.28. The van der Waals surface area contributed by atoms with E-state index in [9.17, 15) is 0 Å². The molecule has 96 valence electrons. The first-order chi connectivity index (χ1) is 8.50. The Kier molecular flexibility index (Phi) is 3.41. The maximum absolute atomic E-state index is 5.76. The molecule has 0 fully saturated rings. The van der Waals surface area contributed by atoms with Crippen LogP contribution in [0.4, 0.5) is 11.5 Å². The van der Waals surface area contributed by atoms with Crippen molar-refractivity contribution in [3.8, 4) is 0 Å². The predicted molar refractivity (Wildman–Crippen MR) is 78.8 cm³/mol. The van der Waals surface area contributed by atoms with Crippen LogP contribution in [0.5, 0.6) is 0 Å². The number of hydrogen-bond donors (Lipinski definition) is 2. The van der Waals surface area contributed by atoms with E-state index in [0.717, 1.165) is 35.2 Å². The lowest BCUT2D eigenvalue weighted by molar-refractivity contribution is 0.509. The van der Waals surface area contributed by atoms with Gasteiger partial charge in [-0.2, -0.15) is 0 Å². The van der Waals surface area contributed by atoms with E-state index in [1.165, 1.54) is 0 Å². The number of nitrogens with two attached hydrogens (primary N) is 1. The summed E-state index contributed by atoms with van der Waals surface area (Å²) in [4.78, 5) is 4.62. The van der Waals surface area contributed by atoms with Gasteiger partial charge in [0.15, 0.2) is 0 Å². The van der Waals surface area contributed by atoms with E-state index in [2.05, 4.69) is 37.1 Å². The molecule has 0 bridgehead atoms. The number of aromatic nitrogens is 1. The molecule has 0 atom stereocenters. The Labute approximate surface area is 108 Å². The van der Waals surface area contributed by atoms with Crippen molar-refractivity contribution in [3.05, 3.63) is 30.3 Å². The van der Waals surface area contributed by atoms with Crippen molar-refractivity contribution >= 4 is 22.4 Å². The zero-order valence-corrected chi connectivity index (χ0v) is 11.3. The second kappa shape index (κ2) is 4.84. The fraction of sp³-hybridized carbons (Fsp3) is 0.400. The molecule has 0 aliphatic heterocycles. The number of hydrogen-bond acceptors (Lipinski definition) is 3. The van der Waals surface area contributed by atoms with E-state index < -0.39 is 0 Å². The van der Waals surface area contributed by atoms with Crippen LogP contribution in [-0.4, -0.2) is 10.5 Å². The first-order valence-electron chi connectivity index (χ1n) is 6.45. The first kappa shape index (κ1) is 12.7. The fourth-order valence-corrected chi connectivity index (χ4v) is 2.25. The van der Waals surface area contributed by atoms with E-state index in [0.29, 0.717) is 0 Å². The highest BCUT2D eigenvalue weighted by atomic mass is 15.0. The Morgan fingerprint density at radius 3 is 2.72 bits per heavy atom. The van der Waals surface area contributed by atoms with Gasteiger partial charge in [0.2, 0.25) is 0 Å². The van der Waals surface area contributed by atoms with E-state index in [1.807, 2.05) is 24.3 Å². The molecule has 0 spiro atoms. The van der Waals surface area contributed by atoms with Crippen LogP contribution in [0, 0.1) is 0 Å². The highest BCUT2D eigenvalue weighted by Crippen LogP contribution is 2.22. The largest absolute Gasteiger partial charge is 0.399 e. The van der Waals surface area contributed by atoms with Gasteiger partial charge in [0.1, 0.15) is 5.82 Å². The summed E-state index contributed by atoms with van der Waals surface area (Å²) in [5.74, 6) is 0.922. The first-order valence-corrected chi connectivity index (χ1v) is 6.45. The summed E-state index contributed by atoms with van der Waals surface area (Å²) in [6.45, 7) is 6.59. The van der Waals surface area contributed by atoms with Gasteiger partial charge in [-0.3, -0.25) is 0 Å². The highest BCUT2D eigenvalue weighted by molar-refractivity contribution is 5.83. The van der Waals surface area contributed by atoms with Crippen LogP contribution >= 0.6 is 0 Å². The molecule has 3 nitrogen and oxygen atoms in total. The minimum absolute atomic E-state index is 0.0727. The molecule has 2 rings (SSSR count). The molecule has 3 heteroatoms. The van der Waals surface area contributed by atoms with Crippen LogP contribution in [0.15, 0.2) is 30.3 Å². The third-order valence-electron chi connectivity index (χ3n) is 3.05. The fourth-order valence-electron chi connectivity index (χ4n) is 2.25. The topological polar surface area (TPSA) is 50.9 Å². The summed E-state index contributed by atoms with van der Waals surface area (Å²) in [5.41, 5.74) is 7.58. The molecule has 1 aromatic heterocycles. The lowest BCUT2D eigenvalue weighted by Crippen LogP contribution is -2.30. The molecule has 3 N–H and O–H groups in total. The van der Waals surface area contributed by atoms with Gasteiger partial charge in [-0.1, -0.05) is 13.3 Å².